The molecule has 1 saturated carbocycles. The maximum absolute atomic E-state index is 13.4. The predicted molar refractivity (Wildman–Crippen MR) is 77.5 cm³/mol. The molecule has 0 heterocycles. The highest BCUT2D eigenvalue weighted by Gasteiger charge is 2.21. The lowest BCUT2D eigenvalue weighted by molar-refractivity contribution is -0.139. The lowest BCUT2D eigenvalue weighted by atomic mass is 10.2. The van der Waals surface area contributed by atoms with Gasteiger partial charge in [-0.05, 0) is 25.0 Å². The summed E-state index contributed by atoms with van der Waals surface area (Å²) in [7, 11) is 0. The molecule has 2 amide bonds. The molecule has 0 unspecified atom stereocenters. The molecule has 5 nitrogen and oxygen atoms in total. The minimum Gasteiger partial charge on any atom is -0.345 e. The Hall–Kier alpha value is -1.95. The number of amides is 2. The molecule has 1 aromatic carbocycles. The van der Waals surface area contributed by atoms with Crippen LogP contribution in [0.5, 0.6) is 0 Å². The molecule has 1 aliphatic carbocycles. The third-order valence-corrected chi connectivity index (χ3v) is 3.59. The molecule has 2 N–H and O–H groups in total. The van der Waals surface area contributed by atoms with E-state index in [0.29, 0.717) is 0 Å². The number of nitrogens with zero attached hydrogens (tertiary/aromatic N) is 1. The third-order valence-electron chi connectivity index (χ3n) is 3.26. The van der Waals surface area contributed by atoms with Gasteiger partial charge in [0.05, 0.1) is 11.2 Å². The van der Waals surface area contributed by atoms with Crippen molar-refractivity contribution in [1.29, 1.82) is 0 Å². The Kier molecular flexibility index (Phi) is 5.27. The van der Waals surface area contributed by atoms with Crippen LogP contribution >= 0.6 is 11.6 Å². The zero-order valence-corrected chi connectivity index (χ0v) is 12.0. The number of carbonyl (C=O) groups is 2. The van der Waals surface area contributed by atoms with Crippen LogP contribution in [0.2, 0.25) is 5.02 Å². The highest BCUT2D eigenvalue weighted by molar-refractivity contribution is 6.35. The number of hydrogen-bond acceptors (Lipinski definition) is 3. The first-order chi connectivity index (χ1) is 10.1. The van der Waals surface area contributed by atoms with Crippen molar-refractivity contribution in [2.24, 2.45) is 5.10 Å². The molecule has 0 saturated heterocycles. The minimum absolute atomic E-state index is 0.0493. The van der Waals surface area contributed by atoms with Crippen molar-refractivity contribution in [1.82, 2.24) is 10.7 Å². The number of nitrogens with one attached hydrogen (secondary N) is 2. The lowest BCUT2D eigenvalue weighted by Gasteiger charge is -2.10. The van der Waals surface area contributed by atoms with Crippen LogP contribution in [0.25, 0.3) is 0 Å². The standard InChI is InChI=1S/C14H15ClFN3O2/c15-11-6-3-7-12(16)10(11)8-17-19-14(21)13(20)18-9-4-1-2-5-9/h3,6-9H,1-2,4-5H2,(H,18,20)(H,19,21)/b17-8+. The molecule has 1 aliphatic rings. The number of halogens is 2. The van der Waals surface area contributed by atoms with Crippen LogP contribution in [0.4, 0.5) is 4.39 Å². The molecule has 0 radical (unpaired) electrons. The van der Waals surface area contributed by atoms with E-state index < -0.39 is 17.6 Å². The van der Waals surface area contributed by atoms with E-state index in [9.17, 15) is 14.0 Å². The molecule has 2 rings (SSSR count). The van der Waals surface area contributed by atoms with Gasteiger partial charge in [-0.2, -0.15) is 5.10 Å². The maximum atomic E-state index is 13.4. The zero-order valence-electron chi connectivity index (χ0n) is 11.2. The number of benzene rings is 1. The van der Waals surface area contributed by atoms with Gasteiger partial charge < -0.3 is 5.32 Å². The van der Waals surface area contributed by atoms with Crippen LogP contribution in [-0.2, 0) is 9.59 Å². The molecule has 7 heteroatoms. The third kappa shape index (κ3) is 4.26. The lowest BCUT2D eigenvalue weighted by Crippen LogP contribution is -2.42. The summed E-state index contributed by atoms with van der Waals surface area (Å²) in [6.45, 7) is 0. The molecule has 0 spiro atoms. The zero-order chi connectivity index (χ0) is 15.2. The second-order valence-corrected chi connectivity index (χ2v) is 5.20. The Bertz CT molecular complexity index is 551. The van der Waals surface area contributed by atoms with E-state index in [1.54, 1.807) is 0 Å². The highest BCUT2D eigenvalue weighted by atomic mass is 35.5. The Morgan fingerprint density at radius 1 is 1.29 bits per heavy atom. The monoisotopic (exact) mass is 311 g/mol. The summed E-state index contributed by atoms with van der Waals surface area (Å²) in [5, 5.41) is 6.34. The van der Waals surface area contributed by atoms with Crippen molar-refractivity contribution in [2.45, 2.75) is 31.7 Å². The van der Waals surface area contributed by atoms with Gasteiger partial charge in [-0.1, -0.05) is 30.5 Å². The molecule has 1 aromatic rings. The van der Waals surface area contributed by atoms with Crippen LogP contribution in [0.3, 0.4) is 0 Å². The number of carbonyl (C=O) groups excluding carboxylic acids is 2. The summed E-state index contributed by atoms with van der Waals surface area (Å²) >= 11 is 5.80. The number of hydrazone groups is 1. The maximum Gasteiger partial charge on any atom is 0.329 e. The van der Waals surface area contributed by atoms with E-state index in [2.05, 4.69) is 15.8 Å². The van der Waals surface area contributed by atoms with Crippen LogP contribution in [0.15, 0.2) is 23.3 Å². The van der Waals surface area contributed by atoms with Gasteiger partial charge in [-0.15, -0.1) is 0 Å². The van der Waals surface area contributed by atoms with E-state index in [1.807, 2.05) is 0 Å². The van der Waals surface area contributed by atoms with Crippen molar-refractivity contribution < 1.29 is 14.0 Å². The first-order valence-corrected chi connectivity index (χ1v) is 7.03. The van der Waals surface area contributed by atoms with E-state index >= 15 is 0 Å². The van der Waals surface area contributed by atoms with Crippen LogP contribution in [0, 0.1) is 5.82 Å². The SMILES string of the molecule is O=C(N/N=C/c1c(F)cccc1Cl)C(=O)NC1CCCC1. The molecule has 112 valence electrons. The number of rotatable bonds is 3. The second kappa shape index (κ2) is 7.17. The summed E-state index contributed by atoms with van der Waals surface area (Å²) in [5.41, 5.74) is 2.10. The summed E-state index contributed by atoms with van der Waals surface area (Å²) in [6, 6.07) is 4.23. The van der Waals surface area contributed by atoms with Gasteiger partial charge in [-0.3, -0.25) is 9.59 Å². The Balaban J connectivity index is 1.88. The fraction of sp³-hybridized carbons (Fsp3) is 0.357. The van der Waals surface area contributed by atoms with Crippen molar-refractivity contribution in [3.63, 3.8) is 0 Å². The molecule has 0 aromatic heterocycles. The van der Waals surface area contributed by atoms with Gasteiger partial charge in [0.25, 0.3) is 0 Å². The van der Waals surface area contributed by atoms with Crippen LogP contribution in [-0.4, -0.2) is 24.1 Å². The van der Waals surface area contributed by atoms with E-state index in [4.69, 9.17) is 11.6 Å². The molecule has 0 aliphatic heterocycles. The van der Waals surface area contributed by atoms with Crippen LogP contribution in [0.1, 0.15) is 31.2 Å². The smallest absolute Gasteiger partial charge is 0.329 e. The average molecular weight is 312 g/mol. The summed E-state index contributed by atoms with van der Waals surface area (Å²) in [6.07, 6.45) is 4.94. The Morgan fingerprint density at radius 3 is 2.67 bits per heavy atom. The fourth-order valence-corrected chi connectivity index (χ4v) is 2.37. The van der Waals surface area contributed by atoms with E-state index in [1.165, 1.54) is 18.2 Å². The van der Waals surface area contributed by atoms with Gasteiger partial charge in [0, 0.05) is 11.6 Å². The first-order valence-electron chi connectivity index (χ1n) is 6.66. The quantitative estimate of drug-likeness (QED) is 0.509. The predicted octanol–water partition coefficient (Wildman–Crippen LogP) is 1.99. The molecule has 1 fully saturated rings. The Morgan fingerprint density at radius 2 is 2.00 bits per heavy atom. The second-order valence-electron chi connectivity index (χ2n) is 4.79. The minimum atomic E-state index is -0.884. The summed E-state index contributed by atoms with van der Waals surface area (Å²) in [5.74, 6) is -2.18. The molecule has 0 bridgehead atoms. The van der Waals surface area contributed by atoms with Gasteiger partial charge >= 0.3 is 11.8 Å². The number of hydrogen-bond donors (Lipinski definition) is 2. The van der Waals surface area contributed by atoms with Crippen molar-refractivity contribution >= 4 is 29.6 Å². The van der Waals surface area contributed by atoms with Gasteiger partial charge in [-0.25, -0.2) is 9.82 Å². The molecule has 21 heavy (non-hydrogen) atoms. The van der Waals surface area contributed by atoms with E-state index in [0.717, 1.165) is 31.9 Å². The fourth-order valence-electron chi connectivity index (χ4n) is 2.16. The first kappa shape index (κ1) is 15.4. The highest BCUT2D eigenvalue weighted by Crippen LogP contribution is 2.17. The molecule has 0 atom stereocenters. The average Bonchev–Trinajstić information content (AvgIpc) is 2.94. The van der Waals surface area contributed by atoms with Gasteiger partial charge in [0.2, 0.25) is 0 Å². The Labute approximate surface area is 126 Å². The van der Waals surface area contributed by atoms with Crippen LogP contribution < -0.4 is 10.7 Å². The largest absolute Gasteiger partial charge is 0.345 e. The topological polar surface area (TPSA) is 70.6 Å². The summed E-state index contributed by atoms with van der Waals surface area (Å²) in [4.78, 5) is 23.1. The van der Waals surface area contributed by atoms with Crippen molar-refractivity contribution in [3.05, 3.63) is 34.6 Å². The van der Waals surface area contributed by atoms with Crippen molar-refractivity contribution in [3.8, 4) is 0 Å². The molecular weight excluding hydrogens is 297 g/mol. The summed E-state index contributed by atoms with van der Waals surface area (Å²) < 4.78 is 13.4. The molecular formula is C14H15ClFN3O2. The van der Waals surface area contributed by atoms with Gasteiger partial charge in [0.15, 0.2) is 0 Å². The van der Waals surface area contributed by atoms with E-state index in [-0.39, 0.29) is 16.6 Å². The normalized spacial score (nSPS) is 15.3. The van der Waals surface area contributed by atoms with Crippen molar-refractivity contribution in [2.75, 3.05) is 0 Å². The van der Waals surface area contributed by atoms with Gasteiger partial charge in [0.1, 0.15) is 5.82 Å².